The highest BCUT2D eigenvalue weighted by Crippen LogP contribution is 2.42. The maximum absolute atomic E-state index is 5.23. The summed E-state index contributed by atoms with van der Waals surface area (Å²) < 4.78 is 6.20. The number of aromatic nitrogens is 1. The number of hydrogen-bond acceptors (Lipinski definition) is 3. The Bertz CT molecular complexity index is 548. The monoisotopic (exact) mass is 309 g/mol. The van der Waals surface area contributed by atoms with E-state index in [2.05, 4.69) is 33.4 Å². The molecule has 0 aliphatic heterocycles. The highest BCUT2D eigenvalue weighted by Gasteiger charge is 2.26. The van der Waals surface area contributed by atoms with Crippen LogP contribution in [0, 0.1) is 0 Å². The van der Waals surface area contributed by atoms with Gasteiger partial charge in [-0.15, -0.1) is 11.3 Å². The second-order valence-electron chi connectivity index (χ2n) is 4.20. The van der Waals surface area contributed by atoms with E-state index >= 15 is 0 Å². The van der Waals surface area contributed by atoms with Crippen LogP contribution in [0.3, 0.4) is 0 Å². The van der Waals surface area contributed by atoms with Crippen molar-refractivity contribution in [1.29, 1.82) is 0 Å². The summed E-state index contributed by atoms with van der Waals surface area (Å²) in [6, 6.07) is 6.09. The molecule has 0 radical (unpaired) electrons. The number of ether oxygens (including phenoxy) is 1. The van der Waals surface area contributed by atoms with Gasteiger partial charge in [-0.2, -0.15) is 0 Å². The minimum Gasteiger partial charge on any atom is -0.496 e. The van der Waals surface area contributed by atoms with Crippen molar-refractivity contribution in [2.45, 2.75) is 18.8 Å². The number of thiazole rings is 1. The molecule has 1 heterocycles. The Hall–Kier alpha value is -0.870. The first-order chi connectivity index (χ1) is 8.28. The average molecular weight is 310 g/mol. The van der Waals surface area contributed by atoms with Gasteiger partial charge in [-0.1, -0.05) is 0 Å². The van der Waals surface area contributed by atoms with E-state index in [4.69, 9.17) is 9.72 Å². The fourth-order valence-corrected chi connectivity index (χ4v) is 3.22. The molecule has 2 nitrogen and oxygen atoms in total. The number of rotatable bonds is 3. The molecule has 17 heavy (non-hydrogen) atoms. The number of methoxy groups -OCH3 is 1. The summed E-state index contributed by atoms with van der Waals surface area (Å²) in [6.07, 6.45) is 2.60. The van der Waals surface area contributed by atoms with Crippen LogP contribution in [-0.4, -0.2) is 12.1 Å². The van der Waals surface area contributed by atoms with E-state index in [1.807, 2.05) is 6.07 Å². The summed E-state index contributed by atoms with van der Waals surface area (Å²) in [7, 11) is 1.67. The number of halogens is 1. The molecule has 3 rings (SSSR count). The smallest absolute Gasteiger partial charge is 0.133 e. The van der Waals surface area contributed by atoms with Gasteiger partial charge in [0.2, 0.25) is 0 Å². The van der Waals surface area contributed by atoms with Gasteiger partial charge in [0.25, 0.3) is 0 Å². The molecule has 0 saturated heterocycles. The second kappa shape index (κ2) is 4.42. The Morgan fingerprint density at radius 3 is 2.88 bits per heavy atom. The first-order valence-corrected chi connectivity index (χ1v) is 7.24. The molecular weight excluding hydrogens is 298 g/mol. The molecule has 0 spiro atoms. The highest BCUT2D eigenvalue weighted by molar-refractivity contribution is 9.10. The lowest BCUT2D eigenvalue weighted by molar-refractivity contribution is 0.412. The lowest BCUT2D eigenvalue weighted by Gasteiger charge is -2.04. The van der Waals surface area contributed by atoms with E-state index in [0.29, 0.717) is 0 Å². The molecule has 0 unspecified atom stereocenters. The minimum absolute atomic E-state index is 0.724. The lowest BCUT2D eigenvalue weighted by Crippen LogP contribution is -1.85. The standard InChI is InChI=1S/C13H12BrNOS/c1-16-12-5-4-9(6-10(12)14)13-15-11(7-17-13)8-2-3-8/h4-8H,2-3H2,1H3. The Morgan fingerprint density at radius 2 is 2.24 bits per heavy atom. The Labute approximate surface area is 113 Å². The van der Waals surface area contributed by atoms with Gasteiger partial charge in [0.1, 0.15) is 10.8 Å². The molecule has 1 aromatic heterocycles. The summed E-state index contributed by atoms with van der Waals surface area (Å²) in [6.45, 7) is 0. The van der Waals surface area contributed by atoms with Crippen LogP contribution in [0.15, 0.2) is 28.1 Å². The zero-order valence-electron chi connectivity index (χ0n) is 9.44. The normalized spacial score (nSPS) is 14.9. The molecule has 0 amide bonds. The number of hydrogen-bond donors (Lipinski definition) is 0. The van der Waals surface area contributed by atoms with Crippen LogP contribution in [0.2, 0.25) is 0 Å². The Morgan fingerprint density at radius 1 is 1.41 bits per heavy atom. The largest absolute Gasteiger partial charge is 0.496 e. The van der Waals surface area contributed by atoms with Gasteiger partial charge in [0.05, 0.1) is 17.3 Å². The van der Waals surface area contributed by atoms with Crippen LogP contribution in [0.4, 0.5) is 0 Å². The molecule has 1 saturated carbocycles. The summed E-state index contributed by atoms with van der Waals surface area (Å²) in [4.78, 5) is 4.70. The van der Waals surface area contributed by atoms with E-state index < -0.39 is 0 Å². The zero-order valence-corrected chi connectivity index (χ0v) is 11.8. The highest BCUT2D eigenvalue weighted by atomic mass is 79.9. The van der Waals surface area contributed by atoms with Crippen molar-refractivity contribution >= 4 is 27.3 Å². The van der Waals surface area contributed by atoms with Gasteiger partial charge in [0.15, 0.2) is 0 Å². The SMILES string of the molecule is COc1ccc(-c2nc(C3CC3)cs2)cc1Br. The van der Waals surface area contributed by atoms with Gasteiger partial charge in [0, 0.05) is 16.9 Å². The minimum atomic E-state index is 0.724. The third-order valence-corrected chi connectivity index (χ3v) is 4.45. The van der Waals surface area contributed by atoms with Crippen LogP contribution in [0.1, 0.15) is 24.5 Å². The fourth-order valence-electron chi connectivity index (χ4n) is 1.78. The second-order valence-corrected chi connectivity index (χ2v) is 5.91. The van der Waals surface area contributed by atoms with E-state index in [1.165, 1.54) is 18.5 Å². The first-order valence-electron chi connectivity index (χ1n) is 5.57. The van der Waals surface area contributed by atoms with Crippen molar-refractivity contribution < 1.29 is 4.74 Å². The maximum Gasteiger partial charge on any atom is 0.133 e. The number of nitrogens with zero attached hydrogens (tertiary/aromatic N) is 1. The average Bonchev–Trinajstić information content (AvgIpc) is 3.07. The first kappa shape index (κ1) is 11.2. The molecule has 1 aliphatic carbocycles. The van der Waals surface area contributed by atoms with Gasteiger partial charge in [-0.3, -0.25) is 0 Å². The van der Waals surface area contributed by atoms with Crippen LogP contribution in [0.25, 0.3) is 10.6 Å². The molecule has 0 bridgehead atoms. The topological polar surface area (TPSA) is 22.1 Å². The van der Waals surface area contributed by atoms with Crippen molar-refractivity contribution in [3.63, 3.8) is 0 Å². The summed E-state index contributed by atoms with van der Waals surface area (Å²) in [5.41, 5.74) is 2.41. The summed E-state index contributed by atoms with van der Waals surface area (Å²) in [5, 5.41) is 3.28. The lowest BCUT2D eigenvalue weighted by atomic mass is 10.2. The van der Waals surface area contributed by atoms with Crippen LogP contribution in [0.5, 0.6) is 5.75 Å². The maximum atomic E-state index is 5.23. The molecule has 1 aromatic carbocycles. The van der Waals surface area contributed by atoms with E-state index in [0.717, 1.165) is 26.7 Å². The molecule has 4 heteroatoms. The van der Waals surface area contributed by atoms with Crippen molar-refractivity contribution in [1.82, 2.24) is 4.98 Å². The zero-order chi connectivity index (χ0) is 11.8. The summed E-state index contributed by atoms with van der Waals surface area (Å²) >= 11 is 5.22. The predicted octanol–water partition coefficient (Wildman–Crippen LogP) is 4.46. The molecule has 2 aromatic rings. The molecule has 0 atom stereocenters. The Kier molecular flexibility index (Phi) is 2.92. The van der Waals surface area contributed by atoms with E-state index in [9.17, 15) is 0 Å². The summed E-state index contributed by atoms with van der Waals surface area (Å²) in [5.74, 6) is 1.58. The van der Waals surface area contributed by atoms with Crippen molar-refractivity contribution in [2.75, 3.05) is 7.11 Å². The Balaban J connectivity index is 1.93. The van der Waals surface area contributed by atoms with E-state index in [1.54, 1.807) is 18.4 Å². The van der Waals surface area contributed by atoms with Gasteiger partial charge in [-0.25, -0.2) is 4.98 Å². The quantitative estimate of drug-likeness (QED) is 0.835. The van der Waals surface area contributed by atoms with Crippen LogP contribution in [-0.2, 0) is 0 Å². The van der Waals surface area contributed by atoms with E-state index in [-0.39, 0.29) is 0 Å². The van der Waals surface area contributed by atoms with Gasteiger partial charge in [-0.05, 0) is 47.0 Å². The third kappa shape index (κ3) is 2.24. The van der Waals surface area contributed by atoms with Crippen molar-refractivity contribution in [3.05, 3.63) is 33.7 Å². The molecule has 88 valence electrons. The van der Waals surface area contributed by atoms with Gasteiger partial charge >= 0.3 is 0 Å². The molecule has 1 fully saturated rings. The molecule has 0 N–H and O–H groups in total. The van der Waals surface area contributed by atoms with Crippen LogP contribution < -0.4 is 4.74 Å². The molecular formula is C13H12BrNOS. The van der Waals surface area contributed by atoms with Gasteiger partial charge < -0.3 is 4.74 Å². The third-order valence-electron chi connectivity index (χ3n) is 2.92. The fraction of sp³-hybridized carbons (Fsp3) is 0.308. The van der Waals surface area contributed by atoms with Crippen molar-refractivity contribution in [3.8, 4) is 16.3 Å². The van der Waals surface area contributed by atoms with Crippen LogP contribution >= 0.6 is 27.3 Å². The molecule has 1 aliphatic rings. The van der Waals surface area contributed by atoms with Crippen molar-refractivity contribution in [2.24, 2.45) is 0 Å². The number of benzene rings is 1. The predicted molar refractivity (Wildman–Crippen MR) is 73.8 cm³/mol.